The second kappa shape index (κ2) is 8.24. The van der Waals surface area contributed by atoms with Gasteiger partial charge in [-0.25, -0.2) is 0 Å². The van der Waals surface area contributed by atoms with Crippen molar-refractivity contribution >= 4 is 5.91 Å². The van der Waals surface area contributed by atoms with Gasteiger partial charge in [-0.3, -0.25) is 4.79 Å². The van der Waals surface area contributed by atoms with Crippen LogP contribution in [0.15, 0.2) is 36.4 Å². The molecule has 1 N–H and O–H groups in total. The Bertz CT molecular complexity index is 690. The predicted octanol–water partition coefficient (Wildman–Crippen LogP) is 3.34. The van der Waals surface area contributed by atoms with Gasteiger partial charge in [0.25, 0.3) is 5.91 Å². The second-order valence-electron chi connectivity index (χ2n) is 5.32. The van der Waals surface area contributed by atoms with Gasteiger partial charge in [-0.15, -0.1) is 0 Å². The Labute approximate surface area is 142 Å². The van der Waals surface area contributed by atoms with Gasteiger partial charge in [0.2, 0.25) is 0 Å². The molecule has 0 saturated carbocycles. The van der Waals surface area contributed by atoms with Gasteiger partial charge in [-0.1, -0.05) is 12.1 Å². The van der Waals surface area contributed by atoms with Crippen molar-refractivity contribution in [3.05, 3.63) is 53.1 Å². The minimum atomic E-state index is -0.182. The molecule has 0 spiro atoms. The Morgan fingerprint density at radius 3 is 2.25 bits per heavy atom. The summed E-state index contributed by atoms with van der Waals surface area (Å²) >= 11 is 0. The molecular formula is C19H23NO4. The van der Waals surface area contributed by atoms with Crippen LogP contribution >= 0.6 is 0 Å². The van der Waals surface area contributed by atoms with Crippen LogP contribution < -0.4 is 19.5 Å². The average molecular weight is 329 g/mol. The van der Waals surface area contributed by atoms with Crippen LogP contribution in [-0.2, 0) is 6.54 Å². The molecule has 0 radical (unpaired) electrons. The fraction of sp³-hybridized carbons (Fsp3) is 0.316. The van der Waals surface area contributed by atoms with Gasteiger partial charge < -0.3 is 19.5 Å². The van der Waals surface area contributed by atoms with Crippen molar-refractivity contribution in [1.82, 2.24) is 5.32 Å². The Balaban J connectivity index is 2.06. The number of carbonyl (C=O) groups excluding carboxylic acids is 1. The molecule has 2 aromatic carbocycles. The van der Waals surface area contributed by atoms with Crippen molar-refractivity contribution < 1.29 is 19.0 Å². The lowest BCUT2D eigenvalue weighted by atomic mass is 10.1. The molecule has 0 heterocycles. The SMILES string of the molecule is CCOc1ccc(CNC(=O)c2cc(OC)cc(OC)c2)cc1C. The van der Waals surface area contributed by atoms with Gasteiger partial charge in [-0.05, 0) is 43.2 Å². The molecule has 0 atom stereocenters. The van der Waals surface area contributed by atoms with Crippen molar-refractivity contribution in [1.29, 1.82) is 0 Å². The van der Waals surface area contributed by atoms with E-state index >= 15 is 0 Å². The summed E-state index contributed by atoms with van der Waals surface area (Å²) in [5.74, 6) is 1.84. The standard InChI is InChI=1S/C19H23NO4/c1-5-24-18-7-6-14(8-13(18)2)12-20-19(21)15-9-16(22-3)11-17(10-15)23-4/h6-11H,5,12H2,1-4H3,(H,20,21). The predicted molar refractivity (Wildman–Crippen MR) is 93.1 cm³/mol. The summed E-state index contributed by atoms with van der Waals surface area (Å²) < 4.78 is 15.9. The van der Waals surface area contributed by atoms with Crippen LogP contribution in [0.3, 0.4) is 0 Å². The molecule has 24 heavy (non-hydrogen) atoms. The molecular weight excluding hydrogens is 306 g/mol. The maximum Gasteiger partial charge on any atom is 0.251 e. The zero-order valence-corrected chi connectivity index (χ0v) is 14.5. The molecule has 0 saturated heterocycles. The van der Waals surface area contributed by atoms with Gasteiger partial charge >= 0.3 is 0 Å². The Morgan fingerprint density at radius 1 is 1.04 bits per heavy atom. The highest BCUT2D eigenvalue weighted by Gasteiger charge is 2.10. The van der Waals surface area contributed by atoms with Crippen molar-refractivity contribution in [2.24, 2.45) is 0 Å². The van der Waals surface area contributed by atoms with E-state index in [0.717, 1.165) is 16.9 Å². The summed E-state index contributed by atoms with van der Waals surface area (Å²) in [5.41, 5.74) is 2.56. The Morgan fingerprint density at radius 2 is 1.71 bits per heavy atom. The molecule has 2 aromatic rings. The number of methoxy groups -OCH3 is 2. The topological polar surface area (TPSA) is 56.8 Å². The maximum atomic E-state index is 12.4. The summed E-state index contributed by atoms with van der Waals surface area (Å²) in [5, 5.41) is 2.91. The van der Waals surface area contributed by atoms with Crippen molar-refractivity contribution in [2.75, 3.05) is 20.8 Å². The minimum absolute atomic E-state index is 0.182. The van der Waals surface area contributed by atoms with E-state index < -0.39 is 0 Å². The summed E-state index contributed by atoms with van der Waals surface area (Å²) in [4.78, 5) is 12.4. The van der Waals surface area contributed by atoms with E-state index in [1.807, 2.05) is 32.0 Å². The van der Waals surface area contributed by atoms with Gasteiger partial charge in [-0.2, -0.15) is 0 Å². The van der Waals surface area contributed by atoms with Gasteiger partial charge in [0.05, 0.1) is 20.8 Å². The number of ether oxygens (including phenoxy) is 3. The van der Waals surface area contributed by atoms with E-state index in [-0.39, 0.29) is 5.91 Å². The molecule has 0 aliphatic carbocycles. The lowest BCUT2D eigenvalue weighted by Crippen LogP contribution is -2.22. The van der Waals surface area contributed by atoms with Crippen LogP contribution in [0.1, 0.15) is 28.4 Å². The number of nitrogens with one attached hydrogen (secondary N) is 1. The molecule has 0 aromatic heterocycles. The Hall–Kier alpha value is -2.69. The first kappa shape index (κ1) is 17.7. The molecule has 1 amide bonds. The van der Waals surface area contributed by atoms with Crippen LogP contribution in [0.2, 0.25) is 0 Å². The zero-order valence-electron chi connectivity index (χ0n) is 14.5. The van der Waals surface area contributed by atoms with Gasteiger partial charge in [0.1, 0.15) is 17.2 Å². The number of rotatable bonds is 7. The van der Waals surface area contributed by atoms with E-state index in [2.05, 4.69) is 5.32 Å². The number of hydrogen-bond acceptors (Lipinski definition) is 4. The van der Waals surface area contributed by atoms with Crippen LogP contribution in [0.25, 0.3) is 0 Å². The van der Waals surface area contributed by atoms with Crippen LogP contribution in [0.5, 0.6) is 17.2 Å². The monoisotopic (exact) mass is 329 g/mol. The fourth-order valence-corrected chi connectivity index (χ4v) is 2.36. The second-order valence-corrected chi connectivity index (χ2v) is 5.32. The molecule has 0 bridgehead atoms. The average Bonchev–Trinajstić information content (AvgIpc) is 2.61. The largest absolute Gasteiger partial charge is 0.497 e. The first-order valence-corrected chi connectivity index (χ1v) is 7.81. The van der Waals surface area contributed by atoms with Crippen molar-refractivity contribution in [3.8, 4) is 17.2 Å². The van der Waals surface area contributed by atoms with Crippen molar-refractivity contribution in [3.63, 3.8) is 0 Å². The van der Waals surface area contributed by atoms with E-state index in [1.165, 1.54) is 0 Å². The first-order chi connectivity index (χ1) is 11.6. The molecule has 0 fully saturated rings. The van der Waals surface area contributed by atoms with E-state index in [4.69, 9.17) is 14.2 Å². The number of aryl methyl sites for hydroxylation is 1. The number of carbonyl (C=O) groups is 1. The molecule has 5 nitrogen and oxygen atoms in total. The van der Waals surface area contributed by atoms with Gasteiger partial charge in [0.15, 0.2) is 0 Å². The third-order valence-electron chi connectivity index (χ3n) is 3.61. The van der Waals surface area contributed by atoms with Crippen LogP contribution in [0.4, 0.5) is 0 Å². The normalized spacial score (nSPS) is 10.2. The third-order valence-corrected chi connectivity index (χ3v) is 3.61. The minimum Gasteiger partial charge on any atom is -0.497 e. The molecule has 0 aliphatic rings. The van der Waals surface area contributed by atoms with E-state index in [9.17, 15) is 4.79 Å². The smallest absolute Gasteiger partial charge is 0.251 e. The highest BCUT2D eigenvalue weighted by atomic mass is 16.5. The van der Waals surface area contributed by atoms with E-state index in [1.54, 1.807) is 32.4 Å². The lowest BCUT2D eigenvalue weighted by Gasteiger charge is -2.11. The molecule has 128 valence electrons. The molecule has 5 heteroatoms. The Kier molecular flexibility index (Phi) is 6.07. The summed E-state index contributed by atoms with van der Waals surface area (Å²) in [6.45, 7) is 5.01. The van der Waals surface area contributed by atoms with Crippen molar-refractivity contribution in [2.45, 2.75) is 20.4 Å². The summed E-state index contributed by atoms with van der Waals surface area (Å²) in [6, 6.07) is 11.0. The maximum absolute atomic E-state index is 12.4. The van der Waals surface area contributed by atoms with Crippen LogP contribution in [0, 0.1) is 6.92 Å². The zero-order chi connectivity index (χ0) is 17.5. The molecule has 2 rings (SSSR count). The van der Waals surface area contributed by atoms with Crippen LogP contribution in [-0.4, -0.2) is 26.7 Å². The molecule has 0 aliphatic heterocycles. The first-order valence-electron chi connectivity index (χ1n) is 7.81. The number of amides is 1. The molecule has 0 unspecified atom stereocenters. The van der Waals surface area contributed by atoms with Gasteiger partial charge in [0, 0.05) is 18.2 Å². The number of benzene rings is 2. The lowest BCUT2D eigenvalue weighted by molar-refractivity contribution is 0.0950. The third kappa shape index (κ3) is 4.41. The highest BCUT2D eigenvalue weighted by molar-refractivity contribution is 5.95. The quantitative estimate of drug-likeness (QED) is 0.846. The number of hydrogen-bond donors (Lipinski definition) is 1. The summed E-state index contributed by atoms with van der Waals surface area (Å²) in [6.07, 6.45) is 0. The fourth-order valence-electron chi connectivity index (χ4n) is 2.36. The van der Waals surface area contributed by atoms with E-state index in [0.29, 0.717) is 30.2 Å². The highest BCUT2D eigenvalue weighted by Crippen LogP contribution is 2.23. The summed E-state index contributed by atoms with van der Waals surface area (Å²) in [7, 11) is 3.11.